The Morgan fingerprint density at radius 2 is 1.36 bits per heavy atom. The molecule has 10 heteroatoms. The topological polar surface area (TPSA) is 27.7 Å². The zero-order valence-electron chi connectivity index (χ0n) is 19.0. The molecule has 0 unspecified atom stereocenters. The van der Waals surface area contributed by atoms with Gasteiger partial charge in [-0.05, 0) is 29.7 Å². The van der Waals surface area contributed by atoms with Gasteiger partial charge >= 0.3 is 6.11 Å². The van der Waals surface area contributed by atoms with Gasteiger partial charge in [-0.2, -0.15) is 8.78 Å². The largest absolute Gasteiger partial charge is 0.432 e. The highest BCUT2D eigenvalue weighted by molar-refractivity contribution is 5.64. The molecule has 0 aliphatic carbocycles. The van der Waals surface area contributed by atoms with E-state index in [0.29, 0.717) is 42.4 Å². The molecule has 0 amide bonds. The molecular formula is C26H21F7O3. The molecule has 0 spiro atoms. The number of ether oxygens (including phenoxy) is 3. The van der Waals surface area contributed by atoms with Crippen molar-refractivity contribution in [3.05, 3.63) is 88.7 Å². The van der Waals surface area contributed by atoms with Crippen molar-refractivity contribution in [3.63, 3.8) is 0 Å². The minimum Gasteiger partial charge on any atom is -0.429 e. The fourth-order valence-corrected chi connectivity index (χ4v) is 3.95. The molecule has 1 fully saturated rings. The Kier molecular flexibility index (Phi) is 7.56. The number of halogens is 7. The van der Waals surface area contributed by atoms with E-state index in [2.05, 4.69) is 11.7 Å². The smallest absolute Gasteiger partial charge is 0.429 e. The van der Waals surface area contributed by atoms with Gasteiger partial charge < -0.3 is 14.2 Å². The third kappa shape index (κ3) is 5.49. The Morgan fingerprint density at radius 1 is 0.806 bits per heavy atom. The molecule has 1 saturated heterocycles. The van der Waals surface area contributed by atoms with Crippen LogP contribution in [0, 0.1) is 35.0 Å². The van der Waals surface area contributed by atoms with Gasteiger partial charge in [-0.3, -0.25) is 0 Å². The molecule has 0 bridgehead atoms. The van der Waals surface area contributed by atoms with Crippen LogP contribution in [-0.2, 0) is 15.6 Å². The van der Waals surface area contributed by atoms with Crippen molar-refractivity contribution >= 4 is 0 Å². The first kappa shape index (κ1) is 26.0. The van der Waals surface area contributed by atoms with E-state index in [1.165, 1.54) is 12.1 Å². The summed E-state index contributed by atoms with van der Waals surface area (Å²) in [7, 11) is 0. The highest BCUT2D eigenvalue weighted by Gasteiger charge is 2.41. The minimum absolute atomic E-state index is 0.0385. The highest BCUT2D eigenvalue weighted by Crippen LogP contribution is 2.38. The molecule has 3 aromatic carbocycles. The Morgan fingerprint density at radius 3 is 1.89 bits per heavy atom. The summed E-state index contributed by atoms with van der Waals surface area (Å²) in [5, 5.41) is 0. The Balaban J connectivity index is 1.53. The van der Waals surface area contributed by atoms with Gasteiger partial charge in [0.1, 0.15) is 22.9 Å². The lowest BCUT2D eigenvalue weighted by Gasteiger charge is -2.29. The van der Waals surface area contributed by atoms with E-state index in [4.69, 9.17) is 9.47 Å². The van der Waals surface area contributed by atoms with E-state index < -0.39 is 52.8 Å². The average Bonchev–Trinajstić information content (AvgIpc) is 2.82. The van der Waals surface area contributed by atoms with Crippen LogP contribution in [0.1, 0.15) is 37.2 Å². The second-order valence-corrected chi connectivity index (χ2v) is 8.41. The maximum atomic E-state index is 14.6. The SMILES string of the molecule is CCCC1COC(c2ccc(-c3cc(F)c(C(F)(F)Oc4cc(F)c(F)c(F)c4)c(F)c3)cc2)OC1. The van der Waals surface area contributed by atoms with Crippen LogP contribution < -0.4 is 4.74 Å². The molecule has 1 aliphatic heterocycles. The first-order chi connectivity index (χ1) is 17.1. The lowest BCUT2D eigenvalue weighted by atomic mass is 10.0. The molecule has 36 heavy (non-hydrogen) atoms. The lowest BCUT2D eigenvalue weighted by molar-refractivity contribution is -0.206. The summed E-state index contributed by atoms with van der Waals surface area (Å²) in [4.78, 5) is 0. The molecule has 3 aromatic rings. The van der Waals surface area contributed by atoms with Crippen molar-refractivity contribution in [3.8, 4) is 16.9 Å². The van der Waals surface area contributed by atoms with Crippen LogP contribution in [0.5, 0.6) is 5.75 Å². The molecule has 192 valence electrons. The van der Waals surface area contributed by atoms with Crippen LogP contribution in [0.15, 0.2) is 48.5 Å². The summed E-state index contributed by atoms with van der Waals surface area (Å²) in [6.45, 7) is 3.17. The first-order valence-electron chi connectivity index (χ1n) is 11.1. The van der Waals surface area contributed by atoms with Gasteiger partial charge in [0, 0.05) is 23.6 Å². The van der Waals surface area contributed by atoms with Crippen molar-refractivity contribution in [2.24, 2.45) is 5.92 Å². The molecular weight excluding hydrogens is 493 g/mol. The normalized spacial score (nSPS) is 18.3. The summed E-state index contributed by atoms with van der Waals surface area (Å²) in [5.74, 6) is -9.64. The van der Waals surface area contributed by atoms with E-state index in [1.54, 1.807) is 12.1 Å². The zero-order valence-corrected chi connectivity index (χ0v) is 19.0. The molecule has 0 saturated carbocycles. The summed E-state index contributed by atoms with van der Waals surface area (Å²) in [6.07, 6.45) is -3.23. The van der Waals surface area contributed by atoms with Gasteiger partial charge in [-0.15, -0.1) is 0 Å². The second kappa shape index (κ2) is 10.5. The van der Waals surface area contributed by atoms with E-state index in [0.717, 1.165) is 12.8 Å². The molecule has 1 aliphatic rings. The van der Waals surface area contributed by atoms with E-state index in [1.807, 2.05) is 0 Å². The van der Waals surface area contributed by atoms with E-state index >= 15 is 0 Å². The quantitative estimate of drug-likeness (QED) is 0.240. The van der Waals surface area contributed by atoms with E-state index in [-0.39, 0.29) is 17.7 Å². The van der Waals surface area contributed by atoms with Crippen molar-refractivity contribution < 1.29 is 44.9 Å². The van der Waals surface area contributed by atoms with Gasteiger partial charge in [0.2, 0.25) is 0 Å². The third-order valence-electron chi connectivity index (χ3n) is 5.72. The van der Waals surface area contributed by atoms with Crippen molar-refractivity contribution in [1.82, 2.24) is 0 Å². The van der Waals surface area contributed by atoms with Crippen LogP contribution >= 0.6 is 0 Å². The monoisotopic (exact) mass is 514 g/mol. The maximum absolute atomic E-state index is 14.6. The molecule has 0 radical (unpaired) electrons. The van der Waals surface area contributed by atoms with Crippen LogP contribution in [0.25, 0.3) is 11.1 Å². The van der Waals surface area contributed by atoms with Gasteiger partial charge in [0.05, 0.1) is 13.2 Å². The second-order valence-electron chi connectivity index (χ2n) is 8.41. The molecule has 0 atom stereocenters. The first-order valence-corrected chi connectivity index (χ1v) is 11.1. The molecule has 0 aromatic heterocycles. The number of rotatable bonds is 7. The van der Waals surface area contributed by atoms with Gasteiger partial charge in [0.25, 0.3) is 0 Å². The fraction of sp³-hybridized carbons (Fsp3) is 0.308. The maximum Gasteiger partial charge on any atom is 0.432 e. The van der Waals surface area contributed by atoms with Gasteiger partial charge in [0.15, 0.2) is 23.7 Å². The zero-order chi connectivity index (χ0) is 26.0. The van der Waals surface area contributed by atoms with Crippen molar-refractivity contribution in [1.29, 1.82) is 0 Å². The average molecular weight is 514 g/mol. The van der Waals surface area contributed by atoms with Crippen LogP contribution in [-0.4, -0.2) is 13.2 Å². The predicted molar refractivity (Wildman–Crippen MR) is 116 cm³/mol. The Bertz CT molecular complexity index is 1180. The molecule has 0 N–H and O–H groups in total. The number of hydrogen-bond donors (Lipinski definition) is 0. The Hall–Kier alpha value is -3.11. The number of benzene rings is 3. The Labute approximate surface area is 202 Å². The number of hydrogen-bond acceptors (Lipinski definition) is 3. The standard InChI is InChI=1S/C26H21F7O3/c1-2-3-14-12-34-25(35-13-14)16-6-4-15(5-7-16)17-8-19(27)23(20(28)9-17)26(32,33)36-18-10-21(29)24(31)22(30)11-18/h4-11,14,25H,2-3,12-13H2,1H3. The highest BCUT2D eigenvalue weighted by atomic mass is 19.3. The number of alkyl halides is 2. The van der Waals surface area contributed by atoms with Crippen molar-refractivity contribution in [2.45, 2.75) is 32.2 Å². The summed E-state index contributed by atoms with van der Waals surface area (Å²) < 4.78 is 114. The van der Waals surface area contributed by atoms with Crippen LogP contribution in [0.3, 0.4) is 0 Å². The van der Waals surface area contributed by atoms with Gasteiger partial charge in [-0.1, -0.05) is 37.6 Å². The summed E-state index contributed by atoms with van der Waals surface area (Å²) in [5.41, 5.74) is -0.790. The van der Waals surface area contributed by atoms with Gasteiger partial charge in [-0.25, -0.2) is 22.0 Å². The van der Waals surface area contributed by atoms with Crippen molar-refractivity contribution in [2.75, 3.05) is 13.2 Å². The third-order valence-corrected chi connectivity index (χ3v) is 5.72. The predicted octanol–water partition coefficient (Wildman–Crippen LogP) is 7.64. The minimum atomic E-state index is -4.65. The van der Waals surface area contributed by atoms with E-state index in [9.17, 15) is 30.7 Å². The summed E-state index contributed by atoms with van der Waals surface area (Å²) >= 11 is 0. The molecule has 3 nitrogen and oxygen atoms in total. The lowest BCUT2D eigenvalue weighted by Crippen LogP contribution is -2.26. The van der Waals surface area contributed by atoms with Crippen LogP contribution in [0.4, 0.5) is 30.7 Å². The molecule has 4 rings (SSSR count). The van der Waals surface area contributed by atoms with Crippen LogP contribution in [0.2, 0.25) is 0 Å². The summed E-state index contributed by atoms with van der Waals surface area (Å²) in [6, 6.07) is 7.99. The molecule has 1 heterocycles. The fourth-order valence-electron chi connectivity index (χ4n) is 3.95.